The maximum absolute atomic E-state index is 12.3. The third-order valence-corrected chi connectivity index (χ3v) is 4.41. The van der Waals surface area contributed by atoms with E-state index >= 15 is 0 Å². The number of hydrogen-bond donors (Lipinski definition) is 1. The second-order valence-electron chi connectivity index (χ2n) is 4.49. The van der Waals surface area contributed by atoms with E-state index in [1.165, 1.54) is 6.08 Å². The molecule has 6 heteroatoms. The summed E-state index contributed by atoms with van der Waals surface area (Å²) in [7, 11) is 1.54. The van der Waals surface area contributed by atoms with E-state index in [1.54, 1.807) is 25.3 Å². The van der Waals surface area contributed by atoms with Crippen LogP contribution in [-0.4, -0.2) is 13.0 Å². The van der Waals surface area contributed by atoms with Gasteiger partial charge in [-0.05, 0) is 59.0 Å². The van der Waals surface area contributed by atoms with Crippen molar-refractivity contribution in [2.75, 3.05) is 12.4 Å². The highest BCUT2D eigenvalue weighted by Gasteiger charge is 2.12. The number of amides is 1. The smallest absolute Gasteiger partial charge is 0.266 e. The van der Waals surface area contributed by atoms with Gasteiger partial charge in [0.05, 0.1) is 12.8 Å². The Morgan fingerprint density at radius 3 is 2.74 bits per heavy atom. The number of carbonyl (C=O) groups is 1. The van der Waals surface area contributed by atoms with Crippen molar-refractivity contribution in [1.29, 1.82) is 5.26 Å². The van der Waals surface area contributed by atoms with Gasteiger partial charge < -0.3 is 10.1 Å². The lowest BCUT2D eigenvalue weighted by Gasteiger charge is -2.08. The van der Waals surface area contributed by atoms with Gasteiger partial charge in [-0.1, -0.05) is 28.1 Å². The Morgan fingerprint density at radius 2 is 2.09 bits per heavy atom. The van der Waals surface area contributed by atoms with Crippen molar-refractivity contribution in [2.45, 2.75) is 0 Å². The van der Waals surface area contributed by atoms with Crippen LogP contribution in [-0.2, 0) is 4.79 Å². The lowest BCUT2D eigenvalue weighted by atomic mass is 10.1. The van der Waals surface area contributed by atoms with Gasteiger partial charge in [-0.15, -0.1) is 0 Å². The molecule has 0 aliphatic rings. The van der Waals surface area contributed by atoms with E-state index in [4.69, 9.17) is 4.74 Å². The fourth-order valence-corrected chi connectivity index (χ4v) is 2.78. The van der Waals surface area contributed by atoms with Crippen molar-refractivity contribution in [3.05, 3.63) is 61.6 Å². The lowest BCUT2D eigenvalue weighted by Crippen LogP contribution is -2.14. The van der Waals surface area contributed by atoms with Gasteiger partial charge in [-0.2, -0.15) is 5.26 Å². The average Bonchev–Trinajstić information content (AvgIpc) is 2.54. The number of rotatable bonds is 4. The fourth-order valence-electron chi connectivity index (χ4n) is 1.87. The van der Waals surface area contributed by atoms with E-state index in [2.05, 4.69) is 43.8 Å². The van der Waals surface area contributed by atoms with Crippen molar-refractivity contribution in [3.63, 3.8) is 0 Å². The summed E-state index contributed by atoms with van der Waals surface area (Å²) in [6.07, 6.45) is 1.51. The van der Waals surface area contributed by atoms with Gasteiger partial charge in [0.2, 0.25) is 0 Å². The minimum atomic E-state index is -0.460. The normalized spacial score (nSPS) is 10.8. The van der Waals surface area contributed by atoms with Gasteiger partial charge in [0.15, 0.2) is 0 Å². The molecule has 0 radical (unpaired) electrons. The molecule has 2 aromatic carbocycles. The van der Waals surface area contributed by atoms with Crippen LogP contribution in [0.2, 0.25) is 0 Å². The summed E-state index contributed by atoms with van der Waals surface area (Å²) in [5.41, 5.74) is 1.32. The largest absolute Gasteiger partial charge is 0.496 e. The van der Waals surface area contributed by atoms with Gasteiger partial charge in [-0.3, -0.25) is 4.79 Å². The minimum absolute atomic E-state index is 0.000975. The zero-order valence-corrected chi connectivity index (χ0v) is 15.9. The Morgan fingerprint density at radius 1 is 1.35 bits per heavy atom. The van der Waals surface area contributed by atoms with E-state index in [9.17, 15) is 10.1 Å². The van der Waals surface area contributed by atoms with Crippen molar-refractivity contribution in [1.82, 2.24) is 0 Å². The number of nitriles is 1. The molecule has 0 saturated carbocycles. The van der Waals surface area contributed by atoms with Crippen molar-refractivity contribution in [3.8, 4) is 11.8 Å². The first-order chi connectivity index (χ1) is 11.0. The summed E-state index contributed by atoms with van der Waals surface area (Å²) in [6.45, 7) is 0. The Balaban J connectivity index is 2.33. The topological polar surface area (TPSA) is 62.1 Å². The number of anilines is 1. The summed E-state index contributed by atoms with van der Waals surface area (Å²) in [6, 6.07) is 14.7. The van der Waals surface area contributed by atoms with Gasteiger partial charge in [-0.25, -0.2) is 0 Å². The first kappa shape index (κ1) is 17.5. The molecule has 0 aromatic heterocycles. The van der Waals surface area contributed by atoms with Crippen molar-refractivity contribution < 1.29 is 9.53 Å². The van der Waals surface area contributed by atoms with Crippen LogP contribution in [0.1, 0.15) is 5.56 Å². The van der Waals surface area contributed by atoms with Crippen LogP contribution in [0.5, 0.6) is 5.75 Å². The van der Waals surface area contributed by atoms with Crippen molar-refractivity contribution >= 4 is 56.2 Å². The SMILES string of the molecule is COc1ccc(Br)cc1/C=C(\C#N)C(=O)Nc1ccccc1I. The molecule has 116 valence electrons. The average molecular weight is 483 g/mol. The lowest BCUT2D eigenvalue weighted by molar-refractivity contribution is -0.112. The number of nitrogens with one attached hydrogen (secondary N) is 1. The van der Waals surface area contributed by atoms with E-state index in [0.29, 0.717) is 17.0 Å². The molecule has 2 rings (SSSR count). The molecular formula is C17H12BrIN2O2. The first-order valence-electron chi connectivity index (χ1n) is 6.56. The Labute approximate surface area is 156 Å². The molecule has 0 unspecified atom stereocenters. The molecule has 23 heavy (non-hydrogen) atoms. The molecule has 0 bridgehead atoms. The standard InChI is InChI=1S/C17H12BrIN2O2/c1-23-16-7-6-13(18)9-11(16)8-12(10-20)17(22)21-15-5-3-2-4-14(15)19/h2-9H,1H3,(H,21,22)/b12-8+. The number of hydrogen-bond acceptors (Lipinski definition) is 3. The summed E-state index contributed by atoms with van der Waals surface area (Å²) < 4.78 is 6.99. The van der Waals surface area contributed by atoms with Crippen LogP contribution < -0.4 is 10.1 Å². The quantitative estimate of drug-likeness (QED) is 0.393. The second kappa shape index (κ2) is 8.13. The minimum Gasteiger partial charge on any atom is -0.496 e. The monoisotopic (exact) mass is 482 g/mol. The highest BCUT2D eigenvalue weighted by molar-refractivity contribution is 14.1. The molecule has 4 nitrogen and oxygen atoms in total. The molecule has 2 aromatic rings. The van der Waals surface area contributed by atoms with Crippen LogP contribution in [0.3, 0.4) is 0 Å². The van der Waals surface area contributed by atoms with Crippen LogP contribution in [0, 0.1) is 14.9 Å². The number of para-hydroxylation sites is 1. The van der Waals surface area contributed by atoms with Crippen LogP contribution in [0.4, 0.5) is 5.69 Å². The summed E-state index contributed by atoms with van der Waals surface area (Å²) in [4.78, 5) is 12.3. The van der Waals surface area contributed by atoms with E-state index < -0.39 is 5.91 Å². The highest BCUT2D eigenvalue weighted by Crippen LogP contribution is 2.25. The van der Waals surface area contributed by atoms with Crippen LogP contribution in [0.25, 0.3) is 6.08 Å². The number of benzene rings is 2. The molecule has 0 atom stereocenters. The number of carbonyl (C=O) groups excluding carboxylic acids is 1. The van der Waals surface area contributed by atoms with Crippen molar-refractivity contribution in [2.24, 2.45) is 0 Å². The van der Waals surface area contributed by atoms with Crippen LogP contribution in [0.15, 0.2) is 52.5 Å². The summed E-state index contributed by atoms with van der Waals surface area (Å²) >= 11 is 5.49. The van der Waals surface area contributed by atoms with Gasteiger partial charge in [0.1, 0.15) is 17.4 Å². The van der Waals surface area contributed by atoms with E-state index in [-0.39, 0.29) is 5.57 Å². The van der Waals surface area contributed by atoms with E-state index in [0.717, 1.165) is 8.04 Å². The highest BCUT2D eigenvalue weighted by atomic mass is 127. The molecular weight excluding hydrogens is 471 g/mol. The number of ether oxygens (including phenoxy) is 1. The van der Waals surface area contributed by atoms with E-state index in [1.807, 2.05) is 30.3 Å². The van der Waals surface area contributed by atoms with Gasteiger partial charge in [0, 0.05) is 13.6 Å². The Hall–Kier alpha value is -1.85. The number of methoxy groups -OCH3 is 1. The zero-order valence-electron chi connectivity index (χ0n) is 12.1. The predicted octanol–water partition coefficient (Wildman–Crippen LogP) is 4.61. The maximum Gasteiger partial charge on any atom is 0.266 e. The number of nitrogens with zero attached hydrogens (tertiary/aromatic N) is 1. The van der Waals surface area contributed by atoms with Gasteiger partial charge in [0.25, 0.3) is 5.91 Å². The summed E-state index contributed by atoms with van der Waals surface area (Å²) in [5, 5.41) is 12.0. The van der Waals surface area contributed by atoms with Gasteiger partial charge >= 0.3 is 0 Å². The molecule has 0 heterocycles. The molecule has 0 aliphatic heterocycles. The third-order valence-electron chi connectivity index (χ3n) is 2.98. The molecule has 0 fully saturated rings. The fraction of sp³-hybridized carbons (Fsp3) is 0.0588. The molecule has 0 saturated heterocycles. The third kappa shape index (κ3) is 4.56. The molecule has 1 amide bonds. The second-order valence-corrected chi connectivity index (χ2v) is 6.57. The Kier molecular flexibility index (Phi) is 6.19. The number of halogens is 2. The molecule has 1 N–H and O–H groups in total. The maximum atomic E-state index is 12.3. The summed E-state index contributed by atoms with van der Waals surface area (Å²) in [5.74, 6) is 0.127. The molecule has 0 aliphatic carbocycles. The van der Waals surface area contributed by atoms with Crippen LogP contribution >= 0.6 is 38.5 Å². The predicted molar refractivity (Wildman–Crippen MR) is 102 cm³/mol. The first-order valence-corrected chi connectivity index (χ1v) is 8.43. The molecule has 0 spiro atoms. The zero-order chi connectivity index (χ0) is 16.8. The Bertz CT molecular complexity index is 812.